The Balaban J connectivity index is 2.03. The third-order valence-corrected chi connectivity index (χ3v) is 3.91. The highest BCUT2D eigenvalue weighted by Crippen LogP contribution is 2.25. The van der Waals surface area contributed by atoms with Gasteiger partial charge in [0.2, 0.25) is 5.71 Å². The first kappa shape index (κ1) is 14.3. The quantitative estimate of drug-likeness (QED) is 0.574. The number of anilines is 1. The van der Waals surface area contributed by atoms with Crippen molar-refractivity contribution in [1.82, 2.24) is 9.78 Å². The lowest BCUT2D eigenvalue weighted by Gasteiger charge is -2.05. The fourth-order valence-electron chi connectivity index (χ4n) is 2.79. The summed E-state index contributed by atoms with van der Waals surface area (Å²) >= 11 is 0. The lowest BCUT2D eigenvalue weighted by atomic mass is 10.1. The summed E-state index contributed by atoms with van der Waals surface area (Å²) in [7, 11) is 0. The molecular weight excluding hydrogens is 302 g/mol. The van der Waals surface area contributed by atoms with Crippen LogP contribution in [0.3, 0.4) is 0 Å². The molecule has 4 rings (SSSR count). The number of fused-ring (bicyclic) bond motifs is 1. The van der Waals surface area contributed by atoms with E-state index in [4.69, 9.17) is 10.2 Å². The average molecular weight is 317 g/mol. The monoisotopic (exact) mass is 317 g/mol. The van der Waals surface area contributed by atoms with Crippen molar-refractivity contribution in [3.63, 3.8) is 0 Å². The summed E-state index contributed by atoms with van der Waals surface area (Å²) in [6.45, 7) is 1.80. The molecule has 0 saturated carbocycles. The Morgan fingerprint density at radius 1 is 1.04 bits per heavy atom. The van der Waals surface area contributed by atoms with Gasteiger partial charge in [-0.1, -0.05) is 36.4 Å². The van der Waals surface area contributed by atoms with Crippen molar-refractivity contribution in [2.24, 2.45) is 0 Å². The van der Waals surface area contributed by atoms with E-state index in [1.807, 2.05) is 42.5 Å². The zero-order valence-corrected chi connectivity index (χ0v) is 13.1. The van der Waals surface area contributed by atoms with Gasteiger partial charge in [0.15, 0.2) is 5.43 Å². The van der Waals surface area contributed by atoms with Gasteiger partial charge in [0.25, 0.3) is 0 Å². The van der Waals surface area contributed by atoms with Crippen molar-refractivity contribution in [3.05, 3.63) is 76.6 Å². The van der Waals surface area contributed by atoms with Crippen LogP contribution in [-0.4, -0.2) is 9.78 Å². The minimum absolute atomic E-state index is 0.109. The van der Waals surface area contributed by atoms with Crippen LogP contribution in [0.2, 0.25) is 0 Å². The molecule has 4 aromatic rings. The normalized spacial score (nSPS) is 11.0. The lowest BCUT2D eigenvalue weighted by Crippen LogP contribution is -2.02. The summed E-state index contributed by atoms with van der Waals surface area (Å²) in [5.74, 6) is 0.512. The van der Waals surface area contributed by atoms with Crippen LogP contribution in [0.15, 0.2) is 69.9 Å². The largest absolute Gasteiger partial charge is 0.437 e. The molecule has 0 aliphatic carbocycles. The first-order chi connectivity index (χ1) is 11.6. The van der Waals surface area contributed by atoms with Gasteiger partial charge in [-0.25, -0.2) is 0 Å². The Bertz CT molecular complexity index is 1090. The Labute approximate surface area is 138 Å². The Morgan fingerprint density at radius 3 is 2.58 bits per heavy atom. The van der Waals surface area contributed by atoms with E-state index in [1.54, 1.807) is 23.7 Å². The van der Waals surface area contributed by atoms with Gasteiger partial charge in [0, 0.05) is 17.3 Å². The van der Waals surface area contributed by atoms with Crippen molar-refractivity contribution >= 4 is 16.8 Å². The molecule has 0 aliphatic rings. The minimum Gasteiger partial charge on any atom is -0.437 e. The predicted molar refractivity (Wildman–Crippen MR) is 94.2 cm³/mol. The highest BCUT2D eigenvalue weighted by atomic mass is 16.3. The van der Waals surface area contributed by atoms with Crippen LogP contribution in [0.5, 0.6) is 0 Å². The number of hydrogen-bond donors (Lipinski definition) is 1. The molecule has 2 aromatic carbocycles. The van der Waals surface area contributed by atoms with Crippen LogP contribution < -0.4 is 11.2 Å². The molecule has 0 bridgehead atoms. The molecule has 2 aromatic heterocycles. The summed E-state index contributed by atoms with van der Waals surface area (Å²) in [5, 5.41) is 4.95. The number of hydrogen-bond acceptors (Lipinski definition) is 4. The molecule has 0 unspecified atom stereocenters. The number of nitrogens with two attached hydrogens (primary N) is 1. The van der Waals surface area contributed by atoms with Crippen molar-refractivity contribution in [2.45, 2.75) is 6.92 Å². The number of aryl methyl sites for hydroxylation is 1. The van der Waals surface area contributed by atoms with E-state index < -0.39 is 0 Å². The Hall–Kier alpha value is -3.34. The van der Waals surface area contributed by atoms with E-state index in [-0.39, 0.29) is 5.43 Å². The summed E-state index contributed by atoms with van der Waals surface area (Å²) < 4.78 is 7.65. The third-order valence-electron chi connectivity index (χ3n) is 3.91. The Kier molecular flexibility index (Phi) is 3.20. The van der Waals surface area contributed by atoms with Gasteiger partial charge in [-0.2, -0.15) is 9.78 Å². The molecule has 0 atom stereocenters. The van der Waals surface area contributed by atoms with Gasteiger partial charge < -0.3 is 10.2 Å². The third kappa shape index (κ3) is 2.27. The van der Waals surface area contributed by atoms with E-state index in [0.717, 1.165) is 11.3 Å². The first-order valence-corrected chi connectivity index (χ1v) is 7.58. The van der Waals surface area contributed by atoms with Gasteiger partial charge in [0.1, 0.15) is 11.1 Å². The van der Waals surface area contributed by atoms with Crippen molar-refractivity contribution in [2.75, 3.05) is 5.73 Å². The molecule has 2 heterocycles. The highest BCUT2D eigenvalue weighted by molar-refractivity contribution is 5.80. The summed E-state index contributed by atoms with van der Waals surface area (Å²) in [5.41, 5.74) is 9.02. The molecule has 5 nitrogen and oxygen atoms in total. The Morgan fingerprint density at radius 2 is 1.83 bits per heavy atom. The number of aromatic nitrogens is 2. The fourth-order valence-corrected chi connectivity index (χ4v) is 2.79. The summed E-state index contributed by atoms with van der Waals surface area (Å²) in [6.07, 6.45) is 0. The molecule has 0 aliphatic heterocycles. The average Bonchev–Trinajstić information content (AvgIpc) is 2.93. The summed E-state index contributed by atoms with van der Waals surface area (Å²) in [4.78, 5) is 12.6. The van der Waals surface area contributed by atoms with Crippen LogP contribution in [0.1, 0.15) is 5.69 Å². The minimum atomic E-state index is -0.109. The van der Waals surface area contributed by atoms with Gasteiger partial charge in [0.05, 0.1) is 11.4 Å². The van der Waals surface area contributed by atoms with Gasteiger partial charge >= 0.3 is 0 Å². The molecule has 2 N–H and O–H groups in total. The van der Waals surface area contributed by atoms with E-state index in [9.17, 15) is 4.79 Å². The van der Waals surface area contributed by atoms with E-state index >= 15 is 0 Å². The van der Waals surface area contributed by atoms with Gasteiger partial charge in [-0.05, 0) is 25.1 Å². The zero-order valence-electron chi connectivity index (χ0n) is 13.1. The second-order valence-electron chi connectivity index (χ2n) is 5.61. The topological polar surface area (TPSA) is 74.1 Å². The molecular formula is C19H15N3O2. The van der Waals surface area contributed by atoms with Crippen LogP contribution in [-0.2, 0) is 0 Å². The lowest BCUT2D eigenvalue weighted by molar-refractivity contribution is 0.587. The van der Waals surface area contributed by atoms with Gasteiger partial charge in [-0.15, -0.1) is 0 Å². The molecule has 0 radical (unpaired) electrons. The maximum Gasteiger partial charge on any atom is 0.234 e. The van der Waals surface area contributed by atoms with Crippen LogP contribution in [0.4, 0.5) is 5.69 Å². The first-order valence-electron chi connectivity index (χ1n) is 7.58. The van der Waals surface area contributed by atoms with E-state index in [0.29, 0.717) is 28.2 Å². The van der Waals surface area contributed by atoms with Crippen LogP contribution >= 0.6 is 0 Å². The standard InChI is InChI=1S/C19H15N3O2/c1-12-18-16(23)11-17(13-6-3-2-4-7-13)24-19(18)22(21-12)15-9-5-8-14(20)10-15/h2-11H,20H2,1H3. The van der Waals surface area contributed by atoms with Crippen molar-refractivity contribution in [3.8, 4) is 17.0 Å². The zero-order chi connectivity index (χ0) is 16.7. The maximum absolute atomic E-state index is 12.6. The van der Waals surface area contributed by atoms with Crippen LogP contribution in [0, 0.1) is 6.92 Å². The van der Waals surface area contributed by atoms with Crippen LogP contribution in [0.25, 0.3) is 28.1 Å². The summed E-state index contributed by atoms with van der Waals surface area (Å²) in [6, 6.07) is 18.3. The molecule has 0 amide bonds. The number of benzene rings is 2. The second-order valence-corrected chi connectivity index (χ2v) is 5.61. The molecule has 24 heavy (non-hydrogen) atoms. The van der Waals surface area contributed by atoms with Crippen molar-refractivity contribution in [1.29, 1.82) is 0 Å². The molecule has 0 fully saturated rings. The predicted octanol–water partition coefficient (Wildman–Crippen LogP) is 3.54. The number of nitrogens with zero attached hydrogens (tertiary/aromatic N) is 2. The molecule has 0 saturated heterocycles. The number of rotatable bonds is 2. The molecule has 5 heteroatoms. The smallest absolute Gasteiger partial charge is 0.234 e. The van der Waals surface area contributed by atoms with E-state index in [2.05, 4.69) is 5.10 Å². The fraction of sp³-hybridized carbons (Fsp3) is 0.0526. The van der Waals surface area contributed by atoms with E-state index in [1.165, 1.54) is 6.07 Å². The number of nitrogen functional groups attached to an aromatic ring is 1. The van der Waals surface area contributed by atoms with Gasteiger partial charge in [-0.3, -0.25) is 4.79 Å². The maximum atomic E-state index is 12.6. The molecule has 118 valence electrons. The SMILES string of the molecule is Cc1nn(-c2cccc(N)c2)c2oc(-c3ccccc3)cc(=O)c12. The second kappa shape index (κ2) is 5.38. The molecule has 0 spiro atoms. The van der Waals surface area contributed by atoms with Crippen molar-refractivity contribution < 1.29 is 4.42 Å². The highest BCUT2D eigenvalue weighted by Gasteiger charge is 2.16.